The van der Waals surface area contributed by atoms with Gasteiger partial charge >= 0.3 is 11.4 Å². The number of hydrogen-bond acceptors (Lipinski definition) is 9. The summed E-state index contributed by atoms with van der Waals surface area (Å²) in [5, 5.41) is 10.1. The summed E-state index contributed by atoms with van der Waals surface area (Å²) in [6.07, 6.45) is 6.38. The van der Waals surface area contributed by atoms with Gasteiger partial charge in [-0.15, -0.1) is 0 Å². The maximum Gasteiger partial charge on any atom is 0.438 e. The van der Waals surface area contributed by atoms with Crippen LogP contribution in [0.4, 0.5) is 8.78 Å². The average Bonchev–Trinajstić information content (AvgIpc) is 3.70. The van der Waals surface area contributed by atoms with Gasteiger partial charge in [-0.05, 0) is 117 Å². The highest BCUT2D eigenvalue weighted by Gasteiger charge is 2.60. The lowest BCUT2D eigenvalue weighted by Crippen LogP contribution is -2.41. The van der Waals surface area contributed by atoms with Crippen LogP contribution in [0.25, 0.3) is 28.1 Å². The van der Waals surface area contributed by atoms with Crippen LogP contribution in [0.1, 0.15) is 103 Å². The van der Waals surface area contributed by atoms with Crippen molar-refractivity contribution in [2.24, 2.45) is 5.92 Å². The second-order valence-corrected chi connectivity index (χ2v) is 20.0. The third kappa shape index (κ3) is 6.73. The molecule has 10 rings (SSSR count). The van der Waals surface area contributed by atoms with Crippen molar-refractivity contribution in [3.05, 3.63) is 139 Å². The predicted octanol–water partition coefficient (Wildman–Crippen LogP) is 7.59. The molecule has 6 heterocycles. The SMILES string of the molecule is CC[C@H]1C[C@]1(c1noc(=O)[nH]1)n1c(C(=O)N2CCc3nn(-c4cc(C)c(F)c(C)c4)c(-n4ccn(-c5ccc(S(=N)(=O)CC)cc5F)c4=O)c3[C@@H]2C)cc2cc(C3CCOCC3)ccc21. The highest BCUT2D eigenvalue weighted by molar-refractivity contribution is 7.92. The number of rotatable bonds is 10. The molecule has 3 aliphatic rings. The zero-order valence-corrected chi connectivity index (χ0v) is 37.5. The van der Waals surface area contributed by atoms with Gasteiger partial charge in [0.25, 0.3) is 5.91 Å². The number of aromatic nitrogens is 7. The zero-order chi connectivity index (χ0) is 45.7. The molecule has 7 aromatic rings. The molecular weight excluding hydrogens is 857 g/mol. The molecule has 4 atom stereocenters. The van der Waals surface area contributed by atoms with E-state index in [0.29, 0.717) is 77.4 Å². The average molecular weight is 906 g/mol. The molecule has 1 saturated heterocycles. The molecule has 65 heavy (non-hydrogen) atoms. The highest BCUT2D eigenvalue weighted by atomic mass is 32.2. The van der Waals surface area contributed by atoms with Crippen molar-refractivity contribution in [1.82, 2.24) is 38.5 Å². The number of aryl methyl sites for hydroxylation is 2. The fourth-order valence-corrected chi connectivity index (χ4v) is 11.2. The van der Waals surface area contributed by atoms with Crippen LogP contribution in [-0.4, -0.2) is 74.1 Å². The number of carbonyl (C=O) groups is 1. The van der Waals surface area contributed by atoms with E-state index in [4.69, 9.17) is 19.1 Å². The van der Waals surface area contributed by atoms with Gasteiger partial charge < -0.3 is 14.2 Å². The Balaban J connectivity index is 1.12. The number of nitrogens with one attached hydrogen (secondary N) is 2. The van der Waals surface area contributed by atoms with Crippen molar-refractivity contribution in [1.29, 1.82) is 4.78 Å². The van der Waals surface area contributed by atoms with E-state index in [-0.39, 0.29) is 40.5 Å². The lowest BCUT2D eigenvalue weighted by Gasteiger charge is -2.34. The molecule has 1 amide bonds. The van der Waals surface area contributed by atoms with Gasteiger partial charge in [0.05, 0.1) is 37.7 Å². The van der Waals surface area contributed by atoms with Gasteiger partial charge in [-0.3, -0.25) is 23.4 Å². The van der Waals surface area contributed by atoms with Crippen molar-refractivity contribution in [2.45, 2.75) is 89.1 Å². The Morgan fingerprint density at radius 3 is 2.40 bits per heavy atom. The molecule has 0 spiro atoms. The summed E-state index contributed by atoms with van der Waals surface area (Å²) >= 11 is 0. The first kappa shape index (κ1) is 42.5. The second-order valence-electron chi connectivity index (χ2n) is 17.6. The van der Waals surface area contributed by atoms with Crippen LogP contribution >= 0.6 is 0 Å². The summed E-state index contributed by atoms with van der Waals surface area (Å²) < 4.78 is 68.7. The molecule has 1 aliphatic carbocycles. The molecular formula is C47H49F2N9O6S. The molecule has 15 nitrogen and oxygen atoms in total. The number of ether oxygens (including phenoxy) is 1. The number of halogens is 2. The minimum atomic E-state index is -3.23. The van der Waals surface area contributed by atoms with Gasteiger partial charge in [-0.1, -0.05) is 31.5 Å². The van der Waals surface area contributed by atoms with Crippen molar-refractivity contribution in [3.63, 3.8) is 0 Å². The van der Waals surface area contributed by atoms with Gasteiger partial charge in [-0.25, -0.2) is 32.0 Å². The van der Waals surface area contributed by atoms with Crippen LogP contribution in [0.3, 0.4) is 0 Å². The number of H-pyrrole nitrogens is 1. The first-order valence-electron chi connectivity index (χ1n) is 22.0. The van der Waals surface area contributed by atoms with Gasteiger partial charge in [-0.2, -0.15) is 5.10 Å². The van der Waals surface area contributed by atoms with E-state index in [1.165, 1.54) is 29.1 Å². The lowest BCUT2D eigenvalue weighted by atomic mass is 9.91. The second kappa shape index (κ2) is 15.6. The van der Waals surface area contributed by atoms with Crippen molar-refractivity contribution in [3.8, 4) is 17.2 Å². The number of benzene rings is 3. The Hall–Kier alpha value is -6.40. The van der Waals surface area contributed by atoms with Crippen LogP contribution in [0.5, 0.6) is 0 Å². The summed E-state index contributed by atoms with van der Waals surface area (Å²) in [5.41, 5.74) is 3.19. The smallest absolute Gasteiger partial charge is 0.381 e. The van der Waals surface area contributed by atoms with Crippen LogP contribution in [0, 0.1) is 36.2 Å². The standard InChI is InChI=1S/C47H49F2N9O6S/c1-6-32-25-47(32,44-51-45(60)64-53-44)57-37-10-8-30(29-13-18-63-19-14-29)22-31(37)23-39(57)43(59)54-15-12-36-40(28(54)5)42(58(52-36)33-20-26(3)41(49)27(4)21-33)56-17-16-55(46(56)61)38-11-9-34(24-35(38)48)65(50,62)7-2/h8-11,16-17,20-24,28-29,32,50H,6-7,12-15,18-19,25H2,1-5H3,(H,51,53,60)/t28-,32-,47-,65?/m0/s1. The maximum absolute atomic E-state index is 15.8. The normalized spacial score (nSPS) is 20.9. The van der Waals surface area contributed by atoms with Gasteiger partial charge in [0.2, 0.25) is 0 Å². The number of fused-ring (bicyclic) bond motifs is 2. The van der Waals surface area contributed by atoms with E-state index in [1.54, 1.807) is 42.5 Å². The van der Waals surface area contributed by atoms with Crippen LogP contribution in [0.2, 0.25) is 0 Å². The first-order valence-corrected chi connectivity index (χ1v) is 23.8. The van der Waals surface area contributed by atoms with Crippen LogP contribution < -0.4 is 11.4 Å². The van der Waals surface area contributed by atoms with E-state index < -0.39 is 38.6 Å². The largest absolute Gasteiger partial charge is 0.438 e. The quantitative estimate of drug-likeness (QED) is 0.141. The highest BCUT2D eigenvalue weighted by Crippen LogP contribution is 2.58. The maximum atomic E-state index is 15.8. The third-order valence-electron chi connectivity index (χ3n) is 13.9. The summed E-state index contributed by atoms with van der Waals surface area (Å²) in [4.78, 5) is 47.2. The fraction of sp³-hybridized carbons (Fsp3) is 0.383. The number of aromatic amines is 1. The summed E-state index contributed by atoms with van der Waals surface area (Å²) in [6, 6.07) is 14.6. The monoisotopic (exact) mass is 905 g/mol. The lowest BCUT2D eigenvalue weighted by molar-refractivity contribution is 0.0663. The Bertz CT molecular complexity index is 3280. The van der Waals surface area contributed by atoms with E-state index in [0.717, 1.165) is 46.4 Å². The van der Waals surface area contributed by atoms with E-state index in [1.807, 2.05) is 17.6 Å². The third-order valence-corrected chi connectivity index (χ3v) is 15.7. The summed E-state index contributed by atoms with van der Waals surface area (Å²) in [5.74, 6) is -1.17. The summed E-state index contributed by atoms with van der Waals surface area (Å²) in [6.45, 7) is 10.5. The van der Waals surface area contributed by atoms with E-state index >= 15 is 13.6 Å². The Labute approximate surface area is 372 Å². The Morgan fingerprint density at radius 1 is 1.00 bits per heavy atom. The Morgan fingerprint density at radius 2 is 1.74 bits per heavy atom. The molecule has 2 N–H and O–H groups in total. The molecule has 18 heteroatoms. The fourth-order valence-electron chi connectivity index (χ4n) is 10.3. The zero-order valence-electron chi connectivity index (χ0n) is 36.7. The molecule has 0 radical (unpaired) electrons. The molecule has 2 aliphatic heterocycles. The molecule has 2 fully saturated rings. The molecule has 338 valence electrons. The number of hydrogen-bond donors (Lipinski definition) is 2. The Kier molecular flexibility index (Phi) is 10.2. The number of carbonyl (C=O) groups excluding carboxylic acids is 1. The van der Waals surface area contributed by atoms with Crippen LogP contribution in [0.15, 0.2) is 86.0 Å². The molecule has 0 bridgehead atoms. The topological polar surface area (TPSA) is 179 Å². The molecule has 1 saturated carbocycles. The minimum absolute atomic E-state index is 0.000357. The van der Waals surface area contributed by atoms with Gasteiger partial charge in [0, 0.05) is 60.8 Å². The van der Waals surface area contributed by atoms with Crippen molar-refractivity contribution in [2.75, 3.05) is 25.5 Å². The molecule has 1 unspecified atom stereocenters. The number of imidazole rings is 1. The minimum Gasteiger partial charge on any atom is -0.381 e. The van der Waals surface area contributed by atoms with Crippen LogP contribution in [-0.2, 0) is 26.4 Å². The summed E-state index contributed by atoms with van der Waals surface area (Å²) in [7, 11) is -3.23. The number of amides is 1. The predicted molar refractivity (Wildman–Crippen MR) is 238 cm³/mol. The van der Waals surface area contributed by atoms with Crippen molar-refractivity contribution >= 4 is 26.5 Å². The van der Waals surface area contributed by atoms with Gasteiger partial charge in [0.15, 0.2) is 5.82 Å². The van der Waals surface area contributed by atoms with E-state index in [9.17, 15) is 13.8 Å². The molecule has 3 aromatic carbocycles. The molecule has 4 aromatic heterocycles. The van der Waals surface area contributed by atoms with Crippen molar-refractivity contribution < 1.29 is 27.0 Å². The first-order chi connectivity index (χ1) is 31.2. The number of nitrogens with zero attached hydrogens (tertiary/aromatic N) is 7. The van der Waals surface area contributed by atoms with Gasteiger partial charge in [0.1, 0.15) is 28.7 Å². The van der Waals surface area contributed by atoms with E-state index in [2.05, 4.69) is 35.3 Å².